The predicted octanol–water partition coefficient (Wildman–Crippen LogP) is 3.66. The number of amides is 1. The van der Waals surface area contributed by atoms with Crippen molar-refractivity contribution in [1.29, 1.82) is 0 Å². The molecule has 1 fully saturated rings. The molecule has 3 aromatic rings. The highest BCUT2D eigenvalue weighted by atomic mass is 16.5. The van der Waals surface area contributed by atoms with E-state index in [1.54, 1.807) is 13.3 Å². The monoisotopic (exact) mass is 374 g/mol. The van der Waals surface area contributed by atoms with E-state index in [4.69, 9.17) is 4.74 Å². The molecule has 0 spiro atoms. The Kier molecular flexibility index (Phi) is 5.02. The van der Waals surface area contributed by atoms with E-state index in [1.807, 2.05) is 54.4 Å². The van der Waals surface area contributed by atoms with Gasteiger partial charge in [-0.25, -0.2) is 9.97 Å². The molecule has 1 aromatic carbocycles. The fourth-order valence-electron chi connectivity index (χ4n) is 3.33. The minimum Gasteiger partial charge on any atom is -0.480 e. The second-order valence-electron chi connectivity index (χ2n) is 6.95. The number of carbonyl (C=O) groups excluding carboxylic acids is 1. The van der Waals surface area contributed by atoms with Crippen molar-refractivity contribution in [2.45, 2.75) is 32.4 Å². The second-order valence-corrected chi connectivity index (χ2v) is 6.95. The molecule has 6 heteroatoms. The van der Waals surface area contributed by atoms with Gasteiger partial charge in [0.2, 0.25) is 5.88 Å². The van der Waals surface area contributed by atoms with Crippen molar-refractivity contribution in [3.63, 3.8) is 0 Å². The smallest absolute Gasteiger partial charge is 0.254 e. The Morgan fingerprint density at radius 3 is 2.61 bits per heavy atom. The minimum absolute atomic E-state index is 0.0471. The molecular formula is C22H22N4O2. The third kappa shape index (κ3) is 3.71. The summed E-state index contributed by atoms with van der Waals surface area (Å²) in [5, 5.41) is 0. The topological polar surface area (TPSA) is 68.2 Å². The standard InChI is InChI=1S/C22H22N4O2/c1-15-20(21(28-2)25-14-24-15)17-5-7-18(8-6-17)22(27)26(19-9-10-19)13-16-4-3-11-23-12-16/h3-8,11-12,14,19H,9-10,13H2,1-2H3. The number of methoxy groups -OCH3 is 1. The molecule has 0 radical (unpaired) electrons. The van der Waals surface area contributed by atoms with E-state index >= 15 is 0 Å². The third-order valence-electron chi connectivity index (χ3n) is 4.94. The summed E-state index contributed by atoms with van der Waals surface area (Å²) in [5.41, 5.74) is 4.33. The summed E-state index contributed by atoms with van der Waals surface area (Å²) >= 11 is 0. The van der Waals surface area contributed by atoms with Crippen LogP contribution < -0.4 is 4.74 Å². The van der Waals surface area contributed by atoms with Crippen molar-refractivity contribution in [3.05, 3.63) is 71.9 Å². The first-order valence-electron chi connectivity index (χ1n) is 9.33. The molecule has 1 amide bonds. The van der Waals surface area contributed by atoms with Gasteiger partial charge in [0.25, 0.3) is 5.91 Å². The van der Waals surface area contributed by atoms with Gasteiger partial charge in [0.05, 0.1) is 18.4 Å². The summed E-state index contributed by atoms with van der Waals surface area (Å²) in [4.78, 5) is 27.7. The van der Waals surface area contributed by atoms with Gasteiger partial charge in [-0.2, -0.15) is 0 Å². The molecule has 0 N–H and O–H groups in total. The Bertz CT molecular complexity index is 970. The maximum Gasteiger partial charge on any atom is 0.254 e. The zero-order valence-corrected chi connectivity index (χ0v) is 16.0. The average Bonchev–Trinajstić information content (AvgIpc) is 3.57. The number of rotatable bonds is 6. The van der Waals surface area contributed by atoms with Crippen LogP contribution in [-0.4, -0.2) is 38.9 Å². The first-order valence-corrected chi connectivity index (χ1v) is 9.33. The van der Waals surface area contributed by atoms with E-state index in [0.29, 0.717) is 24.0 Å². The van der Waals surface area contributed by atoms with Crippen molar-refractivity contribution in [2.24, 2.45) is 0 Å². The largest absolute Gasteiger partial charge is 0.480 e. The lowest BCUT2D eigenvalue weighted by molar-refractivity contribution is 0.0730. The van der Waals surface area contributed by atoms with Gasteiger partial charge in [-0.3, -0.25) is 9.78 Å². The predicted molar refractivity (Wildman–Crippen MR) is 106 cm³/mol. The number of hydrogen-bond acceptors (Lipinski definition) is 5. The molecule has 6 nitrogen and oxygen atoms in total. The van der Waals surface area contributed by atoms with Crippen LogP contribution in [0.3, 0.4) is 0 Å². The van der Waals surface area contributed by atoms with Gasteiger partial charge in [-0.05, 0) is 49.1 Å². The van der Waals surface area contributed by atoms with Crippen LogP contribution in [0.1, 0.15) is 34.5 Å². The molecule has 142 valence electrons. The van der Waals surface area contributed by atoms with Crippen LogP contribution in [0.4, 0.5) is 0 Å². The number of carbonyl (C=O) groups is 1. The zero-order chi connectivity index (χ0) is 19.5. The summed E-state index contributed by atoms with van der Waals surface area (Å²) in [6.45, 7) is 2.50. The van der Waals surface area contributed by atoms with Crippen LogP contribution in [-0.2, 0) is 6.54 Å². The highest BCUT2D eigenvalue weighted by Gasteiger charge is 2.33. The Balaban J connectivity index is 1.59. The van der Waals surface area contributed by atoms with E-state index in [-0.39, 0.29) is 5.91 Å². The lowest BCUT2D eigenvalue weighted by Crippen LogP contribution is -2.32. The SMILES string of the molecule is COc1ncnc(C)c1-c1ccc(C(=O)N(Cc2cccnc2)C2CC2)cc1. The molecule has 1 aliphatic carbocycles. The summed E-state index contributed by atoms with van der Waals surface area (Å²) in [7, 11) is 1.59. The molecular weight excluding hydrogens is 352 g/mol. The minimum atomic E-state index is 0.0471. The lowest BCUT2D eigenvalue weighted by Gasteiger charge is -2.22. The Labute approximate surface area is 164 Å². The van der Waals surface area contributed by atoms with Crippen molar-refractivity contribution in [3.8, 4) is 17.0 Å². The Morgan fingerprint density at radius 1 is 1.18 bits per heavy atom. The van der Waals surface area contributed by atoms with Gasteiger partial charge in [0, 0.05) is 30.5 Å². The maximum absolute atomic E-state index is 13.1. The van der Waals surface area contributed by atoms with Crippen LogP contribution in [0.15, 0.2) is 55.1 Å². The number of ether oxygens (including phenoxy) is 1. The maximum atomic E-state index is 13.1. The van der Waals surface area contributed by atoms with Gasteiger partial charge in [-0.1, -0.05) is 18.2 Å². The molecule has 0 unspecified atom stereocenters. The molecule has 28 heavy (non-hydrogen) atoms. The number of aryl methyl sites for hydroxylation is 1. The summed E-state index contributed by atoms with van der Waals surface area (Å²) < 4.78 is 5.37. The van der Waals surface area contributed by atoms with E-state index in [1.165, 1.54) is 6.33 Å². The molecule has 2 heterocycles. The van der Waals surface area contributed by atoms with E-state index < -0.39 is 0 Å². The van der Waals surface area contributed by atoms with Crippen molar-refractivity contribution in [1.82, 2.24) is 19.9 Å². The average molecular weight is 374 g/mol. The molecule has 0 aliphatic heterocycles. The molecule has 1 aliphatic rings. The van der Waals surface area contributed by atoms with Crippen molar-refractivity contribution in [2.75, 3.05) is 7.11 Å². The number of aromatic nitrogens is 3. The summed E-state index contributed by atoms with van der Waals surface area (Å²) in [6.07, 6.45) is 7.16. The van der Waals surface area contributed by atoms with E-state index in [2.05, 4.69) is 15.0 Å². The summed E-state index contributed by atoms with van der Waals surface area (Å²) in [6, 6.07) is 11.8. The van der Waals surface area contributed by atoms with Crippen molar-refractivity contribution >= 4 is 5.91 Å². The Hall–Kier alpha value is -3.28. The second kappa shape index (κ2) is 7.76. The van der Waals surface area contributed by atoms with Gasteiger partial charge >= 0.3 is 0 Å². The molecule has 0 atom stereocenters. The zero-order valence-electron chi connectivity index (χ0n) is 16.0. The third-order valence-corrected chi connectivity index (χ3v) is 4.94. The van der Waals surface area contributed by atoms with Crippen molar-refractivity contribution < 1.29 is 9.53 Å². The van der Waals surface area contributed by atoms with Crippen LogP contribution in [0, 0.1) is 6.92 Å². The lowest BCUT2D eigenvalue weighted by atomic mass is 10.0. The molecule has 0 bridgehead atoms. The highest BCUT2D eigenvalue weighted by Crippen LogP contribution is 2.32. The van der Waals surface area contributed by atoms with Gasteiger partial charge < -0.3 is 9.64 Å². The molecule has 0 saturated heterocycles. The number of nitrogens with zero attached hydrogens (tertiary/aromatic N) is 4. The number of hydrogen-bond donors (Lipinski definition) is 0. The van der Waals surface area contributed by atoms with E-state index in [9.17, 15) is 4.79 Å². The van der Waals surface area contributed by atoms with Crippen LogP contribution in [0.25, 0.3) is 11.1 Å². The van der Waals surface area contributed by atoms with Crippen LogP contribution in [0.2, 0.25) is 0 Å². The van der Waals surface area contributed by atoms with Gasteiger partial charge in [-0.15, -0.1) is 0 Å². The van der Waals surface area contributed by atoms with Gasteiger partial charge in [0.1, 0.15) is 6.33 Å². The summed E-state index contributed by atoms with van der Waals surface area (Å²) in [5.74, 6) is 0.577. The first kappa shape index (κ1) is 18.1. The normalized spacial score (nSPS) is 13.2. The number of benzene rings is 1. The number of pyridine rings is 1. The quantitative estimate of drug-likeness (QED) is 0.659. The highest BCUT2D eigenvalue weighted by molar-refractivity contribution is 5.95. The van der Waals surface area contributed by atoms with Crippen LogP contribution in [0.5, 0.6) is 5.88 Å². The molecule has 1 saturated carbocycles. The van der Waals surface area contributed by atoms with Gasteiger partial charge in [0.15, 0.2) is 0 Å². The molecule has 2 aromatic heterocycles. The fraction of sp³-hybridized carbons (Fsp3) is 0.273. The molecule has 4 rings (SSSR count). The first-order chi connectivity index (χ1) is 13.7. The Morgan fingerprint density at radius 2 is 1.96 bits per heavy atom. The van der Waals surface area contributed by atoms with Crippen LogP contribution >= 0.6 is 0 Å². The van der Waals surface area contributed by atoms with E-state index in [0.717, 1.165) is 35.2 Å². The fourth-order valence-corrected chi connectivity index (χ4v) is 3.33.